The Morgan fingerprint density at radius 3 is 2.22 bits per heavy atom. The SMILES string of the molecule is C/C=C(\C=O)C(=O)OC. The number of carbonyl (C=O) groups is 2. The van der Waals surface area contributed by atoms with Crippen LogP contribution in [0.15, 0.2) is 11.6 Å². The van der Waals surface area contributed by atoms with Crippen molar-refractivity contribution >= 4 is 12.3 Å². The minimum absolute atomic E-state index is 0.0532. The van der Waals surface area contributed by atoms with Gasteiger partial charge in [0.1, 0.15) is 0 Å². The highest BCUT2D eigenvalue weighted by Gasteiger charge is 2.04. The van der Waals surface area contributed by atoms with Crippen molar-refractivity contribution in [3.63, 3.8) is 0 Å². The van der Waals surface area contributed by atoms with E-state index in [4.69, 9.17) is 0 Å². The van der Waals surface area contributed by atoms with E-state index in [-0.39, 0.29) is 5.57 Å². The summed E-state index contributed by atoms with van der Waals surface area (Å²) < 4.78 is 4.26. The summed E-state index contributed by atoms with van der Waals surface area (Å²) in [4.78, 5) is 20.4. The molecule has 0 amide bonds. The number of esters is 1. The van der Waals surface area contributed by atoms with Crippen LogP contribution < -0.4 is 0 Å². The molecule has 0 N–H and O–H groups in total. The number of hydrogen-bond donors (Lipinski definition) is 0. The van der Waals surface area contributed by atoms with Crippen LogP contribution in [0.5, 0.6) is 0 Å². The van der Waals surface area contributed by atoms with Gasteiger partial charge < -0.3 is 4.74 Å². The number of rotatable bonds is 2. The molecule has 0 aromatic carbocycles. The lowest BCUT2D eigenvalue weighted by atomic mass is 10.3. The Bertz CT molecular complexity index is 146. The predicted octanol–water partition coefficient (Wildman–Crippen LogP) is 0.305. The standard InChI is InChI=1S/C6H8O3/c1-3-5(4-7)6(8)9-2/h3-4H,1-2H3/b5-3+. The fraction of sp³-hybridized carbons (Fsp3) is 0.333. The molecule has 0 aliphatic heterocycles. The van der Waals surface area contributed by atoms with Gasteiger partial charge in [-0.1, -0.05) is 6.08 Å². The maximum atomic E-state index is 10.5. The zero-order chi connectivity index (χ0) is 7.28. The second kappa shape index (κ2) is 3.83. The van der Waals surface area contributed by atoms with Crippen molar-refractivity contribution in [2.45, 2.75) is 6.92 Å². The third-order valence-corrected chi connectivity index (χ3v) is 0.859. The van der Waals surface area contributed by atoms with Gasteiger partial charge in [-0.25, -0.2) is 4.79 Å². The Labute approximate surface area is 53.3 Å². The summed E-state index contributed by atoms with van der Waals surface area (Å²) in [6, 6.07) is 0. The second-order valence-electron chi connectivity index (χ2n) is 1.35. The van der Waals surface area contributed by atoms with Gasteiger partial charge in [0.15, 0.2) is 6.29 Å². The molecule has 3 nitrogen and oxygen atoms in total. The summed E-state index contributed by atoms with van der Waals surface area (Å²) in [5.74, 6) is -0.590. The van der Waals surface area contributed by atoms with Crippen LogP contribution in [0.2, 0.25) is 0 Å². The van der Waals surface area contributed by atoms with Gasteiger partial charge in [0.2, 0.25) is 0 Å². The van der Waals surface area contributed by atoms with Crippen LogP contribution in [-0.4, -0.2) is 19.4 Å². The lowest BCUT2D eigenvalue weighted by Gasteiger charge is -1.92. The van der Waals surface area contributed by atoms with E-state index in [9.17, 15) is 9.59 Å². The van der Waals surface area contributed by atoms with Crippen LogP contribution in [0, 0.1) is 0 Å². The van der Waals surface area contributed by atoms with E-state index in [1.165, 1.54) is 13.2 Å². The van der Waals surface area contributed by atoms with Gasteiger partial charge in [0, 0.05) is 0 Å². The normalized spacial score (nSPS) is 10.7. The van der Waals surface area contributed by atoms with Crippen LogP contribution in [0.3, 0.4) is 0 Å². The molecule has 0 spiro atoms. The molecule has 0 aromatic heterocycles. The number of carbonyl (C=O) groups excluding carboxylic acids is 2. The first-order valence-electron chi connectivity index (χ1n) is 2.46. The summed E-state index contributed by atoms with van der Waals surface area (Å²) in [5, 5.41) is 0. The summed E-state index contributed by atoms with van der Waals surface area (Å²) in [6.45, 7) is 1.60. The molecule has 0 saturated carbocycles. The maximum Gasteiger partial charge on any atom is 0.340 e. The summed E-state index contributed by atoms with van der Waals surface area (Å²) in [7, 11) is 1.23. The van der Waals surface area contributed by atoms with Crippen molar-refractivity contribution in [1.29, 1.82) is 0 Å². The van der Waals surface area contributed by atoms with Crippen molar-refractivity contribution in [2.75, 3.05) is 7.11 Å². The van der Waals surface area contributed by atoms with Crippen molar-refractivity contribution in [2.24, 2.45) is 0 Å². The first-order chi connectivity index (χ1) is 4.26. The third-order valence-electron chi connectivity index (χ3n) is 0.859. The van der Waals surface area contributed by atoms with Crippen LogP contribution in [-0.2, 0) is 14.3 Å². The Morgan fingerprint density at radius 2 is 2.11 bits per heavy atom. The van der Waals surface area contributed by atoms with E-state index in [1.807, 2.05) is 0 Å². The van der Waals surface area contributed by atoms with E-state index in [2.05, 4.69) is 4.74 Å². The fourth-order valence-corrected chi connectivity index (χ4v) is 0.352. The number of aldehydes is 1. The average molecular weight is 128 g/mol. The Kier molecular flexibility index (Phi) is 3.35. The van der Waals surface area contributed by atoms with Crippen molar-refractivity contribution in [3.05, 3.63) is 11.6 Å². The molecule has 0 aliphatic carbocycles. The molecule has 0 atom stereocenters. The first-order valence-corrected chi connectivity index (χ1v) is 2.46. The van der Waals surface area contributed by atoms with Gasteiger partial charge >= 0.3 is 5.97 Å². The van der Waals surface area contributed by atoms with Gasteiger partial charge in [-0.2, -0.15) is 0 Å². The number of methoxy groups -OCH3 is 1. The highest BCUT2D eigenvalue weighted by atomic mass is 16.5. The topological polar surface area (TPSA) is 43.4 Å². The Hall–Kier alpha value is -1.12. The van der Waals surface area contributed by atoms with E-state index >= 15 is 0 Å². The monoisotopic (exact) mass is 128 g/mol. The van der Waals surface area contributed by atoms with Crippen LogP contribution in [0.4, 0.5) is 0 Å². The zero-order valence-electron chi connectivity index (χ0n) is 5.38. The Morgan fingerprint density at radius 1 is 1.56 bits per heavy atom. The second-order valence-corrected chi connectivity index (χ2v) is 1.35. The maximum absolute atomic E-state index is 10.5. The highest BCUT2D eigenvalue weighted by molar-refractivity contribution is 6.07. The first kappa shape index (κ1) is 7.88. The Balaban J connectivity index is 4.14. The lowest BCUT2D eigenvalue weighted by molar-refractivity contribution is -0.136. The smallest absolute Gasteiger partial charge is 0.340 e. The lowest BCUT2D eigenvalue weighted by Crippen LogP contribution is -2.04. The molecule has 0 heterocycles. The molecule has 0 unspecified atom stereocenters. The summed E-state index contributed by atoms with van der Waals surface area (Å²) in [6.07, 6.45) is 1.87. The third kappa shape index (κ3) is 2.08. The van der Waals surface area contributed by atoms with Gasteiger partial charge in [0.25, 0.3) is 0 Å². The number of allylic oxidation sites excluding steroid dienone is 1. The van der Waals surface area contributed by atoms with E-state index in [0.717, 1.165) is 0 Å². The summed E-state index contributed by atoms with van der Waals surface area (Å²) in [5.41, 5.74) is 0.0532. The van der Waals surface area contributed by atoms with Gasteiger partial charge in [-0.15, -0.1) is 0 Å². The van der Waals surface area contributed by atoms with E-state index in [1.54, 1.807) is 6.92 Å². The fourth-order valence-electron chi connectivity index (χ4n) is 0.352. The van der Waals surface area contributed by atoms with Crippen LogP contribution in [0.1, 0.15) is 6.92 Å². The molecular formula is C6H8O3. The van der Waals surface area contributed by atoms with Crippen molar-refractivity contribution in [3.8, 4) is 0 Å². The number of ether oxygens (including phenoxy) is 1. The predicted molar refractivity (Wildman–Crippen MR) is 31.8 cm³/mol. The highest BCUT2D eigenvalue weighted by Crippen LogP contribution is 1.90. The van der Waals surface area contributed by atoms with Crippen molar-refractivity contribution < 1.29 is 14.3 Å². The van der Waals surface area contributed by atoms with Crippen LogP contribution >= 0.6 is 0 Å². The molecule has 0 rings (SSSR count). The van der Waals surface area contributed by atoms with Crippen LogP contribution in [0.25, 0.3) is 0 Å². The minimum atomic E-state index is -0.590. The molecule has 0 bridgehead atoms. The van der Waals surface area contributed by atoms with Gasteiger partial charge in [0.05, 0.1) is 12.7 Å². The number of hydrogen-bond acceptors (Lipinski definition) is 3. The van der Waals surface area contributed by atoms with E-state index in [0.29, 0.717) is 6.29 Å². The molecule has 0 aromatic rings. The average Bonchev–Trinajstić information content (AvgIpc) is 1.90. The molecular weight excluding hydrogens is 120 g/mol. The molecule has 3 heteroatoms. The molecule has 0 radical (unpaired) electrons. The molecule has 9 heavy (non-hydrogen) atoms. The minimum Gasteiger partial charge on any atom is -0.465 e. The van der Waals surface area contributed by atoms with E-state index < -0.39 is 5.97 Å². The largest absolute Gasteiger partial charge is 0.465 e. The van der Waals surface area contributed by atoms with Gasteiger partial charge in [-0.3, -0.25) is 4.79 Å². The molecule has 0 saturated heterocycles. The quantitative estimate of drug-likeness (QED) is 0.177. The zero-order valence-corrected chi connectivity index (χ0v) is 5.38. The van der Waals surface area contributed by atoms with Crippen molar-refractivity contribution in [1.82, 2.24) is 0 Å². The molecule has 0 aliphatic rings. The van der Waals surface area contributed by atoms with Gasteiger partial charge in [-0.05, 0) is 6.92 Å². The summed E-state index contributed by atoms with van der Waals surface area (Å²) >= 11 is 0. The molecule has 50 valence electrons. The molecule has 0 fully saturated rings.